The van der Waals surface area contributed by atoms with Crippen LogP contribution in [-0.4, -0.2) is 34.6 Å². The van der Waals surface area contributed by atoms with E-state index in [9.17, 15) is 21.6 Å². The fraction of sp³-hybridized carbons (Fsp3) is 0.300. The zero-order chi connectivity index (χ0) is 13.3. The molecule has 0 saturated heterocycles. The number of sulfone groups is 2. The minimum Gasteiger partial charge on any atom is -0.299 e. The molecular formula is C10H12O5S2. The highest BCUT2D eigenvalue weighted by Crippen LogP contribution is 2.15. The number of rotatable bonds is 4. The lowest BCUT2D eigenvalue weighted by Gasteiger charge is -2.03. The first-order valence-electron chi connectivity index (χ1n) is 4.65. The molecule has 94 valence electrons. The van der Waals surface area contributed by atoms with Crippen molar-refractivity contribution in [1.29, 1.82) is 0 Å². The molecule has 0 aliphatic carbocycles. The highest BCUT2D eigenvalue weighted by atomic mass is 32.2. The average Bonchev–Trinajstić information content (AvgIpc) is 2.14. The number of Topliss-reactive ketones (excluding diaryl/α,β-unsaturated/α-hetero) is 1. The molecule has 1 aromatic carbocycles. The van der Waals surface area contributed by atoms with E-state index < -0.39 is 31.2 Å². The van der Waals surface area contributed by atoms with Crippen LogP contribution in [-0.2, 0) is 24.5 Å². The zero-order valence-corrected chi connectivity index (χ0v) is 11.0. The Morgan fingerprint density at radius 1 is 1.00 bits per heavy atom. The predicted octanol–water partition coefficient (Wildman–Crippen LogP) is 0.453. The van der Waals surface area contributed by atoms with Crippen molar-refractivity contribution in [2.45, 2.75) is 16.7 Å². The summed E-state index contributed by atoms with van der Waals surface area (Å²) < 4.78 is 45.6. The van der Waals surface area contributed by atoms with Crippen molar-refractivity contribution in [3.8, 4) is 0 Å². The van der Waals surface area contributed by atoms with Crippen LogP contribution in [0.25, 0.3) is 0 Å². The van der Waals surface area contributed by atoms with E-state index in [-0.39, 0.29) is 9.79 Å². The molecular weight excluding hydrogens is 264 g/mol. The maximum absolute atomic E-state index is 11.6. The maximum atomic E-state index is 11.6. The lowest BCUT2D eigenvalue weighted by atomic mass is 10.4. The molecule has 0 amide bonds. The molecule has 0 unspecified atom stereocenters. The van der Waals surface area contributed by atoms with Crippen LogP contribution in [0, 0.1) is 0 Å². The second-order valence-electron chi connectivity index (χ2n) is 3.70. The number of carbonyl (C=O) groups is 1. The molecule has 1 rings (SSSR count). The molecule has 5 nitrogen and oxygen atoms in total. The topological polar surface area (TPSA) is 85.3 Å². The summed E-state index contributed by atoms with van der Waals surface area (Å²) in [4.78, 5) is 10.8. The molecule has 0 aliphatic rings. The summed E-state index contributed by atoms with van der Waals surface area (Å²) in [7, 11) is -7.02. The van der Waals surface area contributed by atoms with Gasteiger partial charge < -0.3 is 0 Å². The van der Waals surface area contributed by atoms with Crippen molar-refractivity contribution in [3.05, 3.63) is 24.3 Å². The predicted molar refractivity (Wildman–Crippen MR) is 62.3 cm³/mol. The molecule has 0 heterocycles. The van der Waals surface area contributed by atoms with Gasteiger partial charge in [0, 0.05) is 6.26 Å². The molecule has 0 atom stereocenters. The molecule has 7 heteroatoms. The minimum atomic E-state index is -3.67. The number of ketones is 1. The van der Waals surface area contributed by atoms with Crippen molar-refractivity contribution in [2.24, 2.45) is 0 Å². The van der Waals surface area contributed by atoms with Crippen molar-refractivity contribution in [1.82, 2.24) is 0 Å². The Balaban J connectivity index is 3.16. The fourth-order valence-corrected chi connectivity index (χ4v) is 3.13. The summed E-state index contributed by atoms with van der Waals surface area (Å²) in [6, 6.07) is 4.80. The van der Waals surface area contributed by atoms with Crippen LogP contribution in [0.3, 0.4) is 0 Å². The van der Waals surface area contributed by atoms with Gasteiger partial charge in [-0.25, -0.2) is 16.8 Å². The summed E-state index contributed by atoms with van der Waals surface area (Å²) in [5.41, 5.74) is 0. The van der Waals surface area contributed by atoms with Gasteiger partial charge >= 0.3 is 0 Å². The molecule has 0 aromatic heterocycles. The van der Waals surface area contributed by atoms with Gasteiger partial charge in [0.25, 0.3) is 0 Å². The van der Waals surface area contributed by atoms with Gasteiger partial charge in [0.15, 0.2) is 19.7 Å². The molecule has 17 heavy (non-hydrogen) atoms. The quantitative estimate of drug-likeness (QED) is 0.797. The molecule has 0 aliphatic heterocycles. The van der Waals surface area contributed by atoms with E-state index in [0.29, 0.717) is 0 Å². The summed E-state index contributed by atoms with van der Waals surface area (Å²) in [6.07, 6.45) is 1.03. The molecule has 0 N–H and O–H groups in total. The molecule has 1 aromatic rings. The monoisotopic (exact) mass is 276 g/mol. The van der Waals surface area contributed by atoms with Gasteiger partial charge in [0.05, 0.1) is 9.79 Å². The summed E-state index contributed by atoms with van der Waals surface area (Å²) in [5, 5.41) is 0. The van der Waals surface area contributed by atoms with Crippen molar-refractivity contribution < 1.29 is 21.6 Å². The Morgan fingerprint density at radius 2 is 1.41 bits per heavy atom. The third kappa shape index (κ3) is 3.64. The van der Waals surface area contributed by atoms with Crippen LogP contribution in [0.5, 0.6) is 0 Å². The maximum Gasteiger partial charge on any atom is 0.185 e. The first kappa shape index (κ1) is 13.9. The summed E-state index contributed by atoms with van der Waals surface area (Å²) in [5.74, 6) is -1.04. The standard InChI is InChI=1S/C10H12O5S2/c1-8(11)7-17(14,15)10-5-3-9(4-6-10)16(2,12)13/h3-6H,7H2,1-2H3. The van der Waals surface area contributed by atoms with Crippen molar-refractivity contribution >= 4 is 25.5 Å². The van der Waals surface area contributed by atoms with E-state index in [4.69, 9.17) is 0 Å². The third-order valence-corrected chi connectivity index (χ3v) is 4.91. The minimum absolute atomic E-state index is 0.0410. The van der Waals surface area contributed by atoms with Crippen LogP contribution in [0.2, 0.25) is 0 Å². The Kier molecular flexibility index (Phi) is 3.73. The lowest BCUT2D eigenvalue weighted by Crippen LogP contribution is -2.13. The van der Waals surface area contributed by atoms with E-state index in [1.165, 1.54) is 31.2 Å². The van der Waals surface area contributed by atoms with Gasteiger partial charge in [0.2, 0.25) is 0 Å². The number of carbonyl (C=O) groups excluding carboxylic acids is 1. The molecule has 0 spiro atoms. The average molecular weight is 276 g/mol. The second kappa shape index (κ2) is 4.58. The Bertz CT molecular complexity index is 624. The molecule has 0 fully saturated rings. The second-order valence-corrected chi connectivity index (χ2v) is 7.71. The van der Waals surface area contributed by atoms with E-state index >= 15 is 0 Å². The van der Waals surface area contributed by atoms with Gasteiger partial charge in [-0.2, -0.15) is 0 Å². The molecule has 0 saturated carbocycles. The van der Waals surface area contributed by atoms with Crippen molar-refractivity contribution in [3.63, 3.8) is 0 Å². The van der Waals surface area contributed by atoms with Crippen LogP contribution < -0.4 is 0 Å². The van der Waals surface area contributed by atoms with E-state index in [1.54, 1.807) is 0 Å². The van der Waals surface area contributed by atoms with Gasteiger partial charge in [-0.3, -0.25) is 4.79 Å². The van der Waals surface area contributed by atoms with Crippen LogP contribution in [0.1, 0.15) is 6.92 Å². The first-order valence-corrected chi connectivity index (χ1v) is 8.19. The van der Waals surface area contributed by atoms with Crippen molar-refractivity contribution in [2.75, 3.05) is 12.0 Å². The van der Waals surface area contributed by atoms with Gasteiger partial charge in [-0.1, -0.05) is 0 Å². The van der Waals surface area contributed by atoms with Crippen LogP contribution in [0.4, 0.5) is 0 Å². The Labute approximate surface area is 100 Å². The third-order valence-electron chi connectivity index (χ3n) is 2.00. The van der Waals surface area contributed by atoms with E-state index in [2.05, 4.69) is 0 Å². The Morgan fingerprint density at radius 3 is 1.76 bits per heavy atom. The van der Waals surface area contributed by atoms with E-state index in [0.717, 1.165) is 6.26 Å². The van der Waals surface area contributed by atoms with Crippen LogP contribution in [0.15, 0.2) is 34.1 Å². The molecule has 0 bridgehead atoms. The van der Waals surface area contributed by atoms with Gasteiger partial charge in [-0.05, 0) is 31.2 Å². The summed E-state index contributed by atoms with van der Waals surface area (Å²) >= 11 is 0. The number of benzene rings is 1. The first-order chi connectivity index (χ1) is 7.63. The highest BCUT2D eigenvalue weighted by Gasteiger charge is 2.17. The normalized spacial score (nSPS) is 12.4. The smallest absolute Gasteiger partial charge is 0.185 e. The van der Waals surface area contributed by atoms with Gasteiger partial charge in [0.1, 0.15) is 11.5 Å². The van der Waals surface area contributed by atoms with Crippen LogP contribution >= 0.6 is 0 Å². The van der Waals surface area contributed by atoms with E-state index in [1.807, 2.05) is 0 Å². The lowest BCUT2D eigenvalue weighted by molar-refractivity contribution is -0.114. The van der Waals surface area contributed by atoms with Gasteiger partial charge in [-0.15, -0.1) is 0 Å². The molecule has 0 radical (unpaired) electrons. The highest BCUT2D eigenvalue weighted by molar-refractivity contribution is 7.92. The zero-order valence-electron chi connectivity index (χ0n) is 9.37. The number of hydrogen-bond acceptors (Lipinski definition) is 5. The number of hydrogen-bond donors (Lipinski definition) is 0. The largest absolute Gasteiger partial charge is 0.299 e. The SMILES string of the molecule is CC(=O)CS(=O)(=O)c1ccc(S(C)(=O)=O)cc1. The summed E-state index contributed by atoms with van der Waals surface area (Å²) in [6.45, 7) is 1.18. The fourth-order valence-electron chi connectivity index (χ4n) is 1.25. The Hall–Kier alpha value is -1.21.